The third-order valence-electron chi connectivity index (χ3n) is 6.86. The number of nitrogens with one attached hydrogen (secondary N) is 2. The SMILES string of the molecule is Clc1cnc(Oc2ccc3c(c2Br)NNN3CC2CC2)c(CN2CCC(c3ncccn3)CC2)c1. The van der Waals surface area contributed by atoms with Crippen molar-refractivity contribution in [1.82, 2.24) is 25.4 Å². The average molecular weight is 557 g/mol. The summed E-state index contributed by atoms with van der Waals surface area (Å²) in [6.45, 7) is 3.65. The smallest absolute Gasteiger partial charge is 0.223 e. The lowest BCUT2D eigenvalue weighted by atomic mass is 9.95. The predicted molar refractivity (Wildman–Crippen MR) is 140 cm³/mol. The molecule has 3 aromatic rings. The number of rotatable bonds is 7. The van der Waals surface area contributed by atoms with E-state index in [-0.39, 0.29) is 0 Å². The molecule has 0 atom stereocenters. The summed E-state index contributed by atoms with van der Waals surface area (Å²) < 4.78 is 7.20. The first-order valence-corrected chi connectivity index (χ1v) is 13.2. The highest BCUT2D eigenvalue weighted by Crippen LogP contribution is 2.44. The predicted octanol–water partition coefficient (Wildman–Crippen LogP) is 5.52. The third-order valence-corrected chi connectivity index (χ3v) is 7.85. The van der Waals surface area contributed by atoms with Crippen LogP contribution in [0.4, 0.5) is 11.4 Å². The summed E-state index contributed by atoms with van der Waals surface area (Å²) in [4.78, 5) is 15.8. The van der Waals surface area contributed by atoms with Gasteiger partial charge in [-0.1, -0.05) is 11.6 Å². The van der Waals surface area contributed by atoms with Crippen molar-refractivity contribution in [2.24, 2.45) is 5.92 Å². The van der Waals surface area contributed by atoms with E-state index in [1.807, 2.05) is 30.6 Å². The first kappa shape index (κ1) is 23.0. The van der Waals surface area contributed by atoms with E-state index < -0.39 is 0 Å². The van der Waals surface area contributed by atoms with Crippen molar-refractivity contribution in [3.05, 3.63) is 63.7 Å². The van der Waals surface area contributed by atoms with Crippen LogP contribution in [-0.2, 0) is 6.54 Å². The standard InChI is InChI=1S/C25H27BrClN7O/c26-22-21(5-4-20-23(22)31-32-34(20)14-16-2-3-16)35-25-18(12-19(27)13-30-25)15-33-10-6-17(7-11-33)24-28-8-1-9-29-24/h1,4-5,8-9,12-13,16-17,31-32H,2-3,6-7,10-11,14-15H2. The van der Waals surface area contributed by atoms with E-state index in [1.165, 1.54) is 12.8 Å². The van der Waals surface area contributed by atoms with E-state index in [0.29, 0.717) is 22.6 Å². The highest BCUT2D eigenvalue weighted by Gasteiger charge is 2.30. The summed E-state index contributed by atoms with van der Waals surface area (Å²) in [5, 5.41) is 2.77. The Kier molecular flexibility index (Phi) is 6.49. The molecule has 0 unspecified atom stereocenters. The molecule has 3 aliphatic rings. The van der Waals surface area contributed by atoms with E-state index in [1.54, 1.807) is 6.20 Å². The van der Waals surface area contributed by atoms with Crippen LogP contribution in [0.5, 0.6) is 11.6 Å². The molecule has 0 spiro atoms. The van der Waals surface area contributed by atoms with E-state index in [9.17, 15) is 0 Å². The molecule has 2 N–H and O–H groups in total. The molecule has 10 heteroatoms. The number of piperidine rings is 1. The molecule has 1 saturated carbocycles. The Hall–Kier alpha value is -2.46. The molecule has 6 rings (SSSR count). The number of fused-ring (bicyclic) bond motifs is 1. The fourth-order valence-corrected chi connectivity index (χ4v) is 5.44. The van der Waals surface area contributed by atoms with E-state index in [0.717, 1.165) is 72.2 Å². The maximum atomic E-state index is 6.33. The number of halogens is 2. The second-order valence-electron chi connectivity index (χ2n) is 9.44. The highest BCUT2D eigenvalue weighted by molar-refractivity contribution is 9.10. The Balaban J connectivity index is 1.16. The minimum Gasteiger partial charge on any atom is -0.437 e. The van der Waals surface area contributed by atoms with Crippen LogP contribution in [0.15, 0.2) is 47.3 Å². The van der Waals surface area contributed by atoms with Crippen LogP contribution in [0.3, 0.4) is 0 Å². The lowest BCUT2D eigenvalue weighted by Crippen LogP contribution is -2.37. The van der Waals surface area contributed by atoms with Crippen molar-refractivity contribution < 1.29 is 4.74 Å². The Morgan fingerprint density at radius 2 is 1.89 bits per heavy atom. The van der Waals surface area contributed by atoms with Crippen LogP contribution in [0, 0.1) is 5.92 Å². The van der Waals surface area contributed by atoms with Crippen LogP contribution in [-0.4, -0.2) is 39.5 Å². The van der Waals surface area contributed by atoms with Crippen molar-refractivity contribution in [3.63, 3.8) is 0 Å². The molecule has 35 heavy (non-hydrogen) atoms. The van der Waals surface area contributed by atoms with Gasteiger partial charge in [0.2, 0.25) is 5.88 Å². The number of likely N-dealkylation sites (tertiary alicyclic amines) is 1. The second kappa shape index (κ2) is 9.89. The van der Waals surface area contributed by atoms with Gasteiger partial charge in [0.1, 0.15) is 11.6 Å². The van der Waals surface area contributed by atoms with Gasteiger partial charge < -0.3 is 10.2 Å². The van der Waals surface area contributed by atoms with E-state index in [2.05, 4.69) is 57.8 Å². The molecule has 2 fully saturated rings. The maximum absolute atomic E-state index is 6.33. The average Bonchev–Trinajstić information content (AvgIpc) is 3.61. The summed E-state index contributed by atoms with van der Waals surface area (Å²) in [5.74, 6) is 3.41. The molecule has 1 aliphatic carbocycles. The van der Waals surface area contributed by atoms with Crippen molar-refractivity contribution in [1.29, 1.82) is 0 Å². The largest absolute Gasteiger partial charge is 0.437 e. The van der Waals surface area contributed by atoms with Crippen molar-refractivity contribution in [3.8, 4) is 11.6 Å². The summed E-state index contributed by atoms with van der Waals surface area (Å²) in [6, 6.07) is 7.89. The van der Waals surface area contributed by atoms with Gasteiger partial charge >= 0.3 is 0 Å². The molecule has 2 aliphatic heterocycles. The highest BCUT2D eigenvalue weighted by atomic mass is 79.9. The zero-order valence-corrected chi connectivity index (χ0v) is 21.6. The van der Waals surface area contributed by atoms with Gasteiger partial charge in [-0.2, -0.15) is 0 Å². The third kappa shape index (κ3) is 5.09. The Morgan fingerprint density at radius 1 is 1.09 bits per heavy atom. The molecule has 1 aromatic carbocycles. The van der Waals surface area contributed by atoms with Gasteiger partial charge in [-0.05, 0) is 84.9 Å². The number of benzene rings is 1. The summed E-state index contributed by atoms with van der Waals surface area (Å²) >= 11 is 10.1. The lowest BCUT2D eigenvalue weighted by Gasteiger charge is -2.31. The Bertz CT molecular complexity index is 1200. The van der Waals surface area contributed by atoms with Crippen LogP contribution < -0.4 is 20.7 Å². The Labute approximate surface area is 218 Å². The topological polar surface area (TPSA) is 78.4 Å². The summed E-state index contributed by atoms with van der Waals surface area (Å²) in [5.41, 5.74) is 9.60. The summed E-state index contributed by atoms with van der Waals surface area (Å²) in [6.07, 6.45) is 9.95. The number of pyridine rings is 1. The Morgan fingerprint density at radius 3 is 2.66 bits per heavy atom. The molecule has 0 amide bonds. The van der Waals surface area contributed by atoms with Gasteiger partial charge in [-0.3, -0.25) is 9.91 Å². The zero-order chi connectivity index (χ0) is 23.8. The molecule has 8 nitrogen and oxygen atoms in total. The van der Waals surface area contributed by atoms with Gasteiger partial charge in [0.05, 0.1) is 20.9 Å². The number of nitrogens with zero attached hydrogens (tertiary/aromatic N) is 5. The van der Waals surface area contributed by atoms with Gasteiger partial charge in [0.15, 0.2) is 0 Å². The van der Waals surface area contributed by atoms with Gasteiger partial charge in [0, 0.05) is 43.2 Å². The molecule has 0 bridgehead atoms. The summed E-state index contributed by atoms with van der Waals surface area (Å²) in [7, 11) is 0. The number of hydrogen-bond donors (Lipinski definition) is 2. The van der Waals surface area contributed by atoms with Crippen molar-refractivity contribution in [2.45, 2.75) is 38.1 Å². The maximum Gasteiger partial charge on any atom is 0.223 e. The van der Waals surface area contributed by atoms with Gasteiger partial charge in [-0.25, -0.2) is 15.0 Å². The first-order chi connectivity index (χ1) is 17.1. The van der Waals surface area contributed by atoms with Crippen LogP contribution in [0.1, 0.15) is 43.0 Å². The molecular formula is C25H27BrClN7O. The van der Waals surface area contributed by atoms with Crippen LogP contribution in [0.25, 0.3) is 0 Å². The van der Waals surface area contributed by atoms with Gasteiger partial charge in [0.25, 0.3) is 0 Å². The molecule has 0 radical (unpaired) electrons. The van der Waals surface area contributed by atoms with Crippen LogP contribution in [0.2, 0.25) is 5.02 Å². The zero-order valence-electron chi connectivity index (χ0n) is 19.3. The molecule has 182 valence electrons. The quantitative estimate of drug-likeness (QED) is 0.394. The molecule has 2 aromatic heterocycles. The van der Waals surface area contributed by atoms with Crippen LogP contribution >= 0.6 is 27.5 Å². The van der Waals surface area contributed by atoms with Crippen molar-refractivity contribution >= 4 is 38.9 Å². The first-order valence-electron chi connectivity index (χ1n) is 12.1. The van der Waals surface area contributed by atoms with E-state index >= 15 is 0 Å². The van der Waals surface area contributed by atoms with E-state index in [4.69, 9.17) is 16.3 Å². The normalized spacial score (nSPS) is 18.4. The minimum atomic E-state index is 0.406. The fourth-order valence-electron chi connectivity index (χ4n) is 4.75. The number of ether oxygens (including phenoxy) is 1. The molecular weight excluding hydrogens is 530 g/mol. The number of hydrazine groups is 2. The fraction of sp³-hybridized carbons (Fsp3) is 0.400. The molecule has 1 saturated heterocycles. The lowest BCUT2D eigenvalue weighted by molar-refractivity contribution is 0.199. The van der Waals surface area contributed by atoms with Crippen molar-refractivity contribution in [2.75, 3.05) is 30.1 Å². The monoisotopic (exact) mass is 555 g/mol. The minimum absolute atomic E-state index is 0.406. The number of anilines is 2. The second-order valence-corrected chi connectivity index (χ2v) is 10.7. The number of aromatic nitrogens is 3. The van der Waals surface area contributed by atoms with Gasteiger partial charge in [-0.15, -0.1) is 5.53 Å². The molecule has 4 heterocycles. The number of hydrogen-bond acceptors (Lipinski definition) is 8.